The summed E-state index contributed by atoms with van der Waals surface area (Å²) < 4.78 is 7.31. The Hall–Kier alpha value is -1.62. The van der Waals surface area contributed by atoms with E-state index < -0.39 is 0 Å². The highest BCUT2D eigenvalue weighted by Gasteiger charge is 2.07. The minimum absolute atomic E-state index is 0.316. The van der Waals surface area contributed by atoms with Gasteiger partial charge in [0, 0.05) is 6.54 Å². The molecule has 1 heterocycles. The number of hydrogen-bond donors (Lipinski definition) is 0. The monoisotopic (exact) mass is 252 g/mol. The van der Waals surface area contributed by atoms with Crippen molar-refractivity contribution in [2.45, 2.75) is 26.5 Å². The van der Waals surface area contributed by atoms with Gasteiger partial charge in [-0.15, -0.1) is 5.10 Å². The van der Waals surface area contributed by atoms with Crippen molar-refractivity contribution >= 4 is 11.6 Å². The zero-order chi connectivity index (χ0) is 12.1. The summed E-state index contributed by atoms with van der Waals surface area (Å²) in [6.45, 7) is 3.17. The van der Waals surface area contributed by atoms with Crippen LogP contribution in [0.15, 0.2) is 24.3 Å². The Kier molecular flexibility index (Phi) is 3.93. The number of ether oxygens (including phenoxy) is 1. The van der Waals surface area contributed by atoms with Crippen LogP contribution in [0.3, 0.4) is 0 Å². The van der Waals surface area contributed by atoms with Gasteiger partial charge >= 0.3 is 0 Å². The van der Waals surface area contributed by atoms with Gasteiger partial charge in [0.2, 0.25) is 0 Å². The van der Waals surface area contributed by atoms with Crippen molar-refractivity contribution in [1.29, 1.82) is 0 Å². The number of aryl methyl sites for hydroxylation is 1. The Balaban J connectivity index is 2.02. The van der Waals surface area contributed by atoms with Gasteiger partial charge in [-0.2, -0.15) is 0 Å². The third kappa shape index (κ3) is 2.94. The Morgan fingerprint density at radius 2 is 2.18 bits per heavy atom. The molecule has 0 radical (unpaired) electrons. The summed E-state index contributed by atoms with van der Waals surface area (Å²) >= 11 is 5.98. The number of benzene rings is 1. The van der Waals surface area contributed by atoms with Gasteiger partial charge in [-0.25, -0.2) is 4.68 Å². The van der Waals surface area contributed by atoms with Gasteiger partial charge in [0.15, 0.2) is 5.82 Å². The summed E-state index contributed by atoms with van der Waals surface area (Å²) in [6, 6.07) is 7.33. The molecule has 0 aliphatic carbocycles. The molecule has 6 heteroatoms. The number of tetrazole rings is 1. The average molecular weight is 253 g/mol. The molecule has 0 bridgehead atoms. The first-order chi connectivity index (χ1) is 8.31. The van der Waals surface area contributed by atoms with E-state index >= 15 is 0 Å². The van der Waals surface area contributed by atoms with E-state index in [1.807, 2.05) is 18.2 Å². The molecule has 2 aromatic rings. The lowest BCUT2D eigenvalue weighted by Gasteiger charge is -2.07. The number of halogens is 1. The van der Waals surface area contributed by atoms with E-state index in [0.717, 1.165) is 13.0 Å². The average Bonchev–Trinajstić information content (AvgIpc) is 2.76. The van der Waals surface area contributed by atoms with Crippen LogP contribution in [0.4, 0.5) is 0 Å². The summed E-state index contributed by atoms with van der Waals surface area (Å²) in [6.07, 6.45) is 0.976. The highest BCUT2D eigenvalue weighted by atomic mass is 35.5. The second kappa shape index (κ2) is 5.63. The van der Waals surface area contributed by atoms with Gasteiger partial charge in [0.05, 0.1) is 5.02 Å². The lowest BCUT2D eigenvalue weighted by Crippen LogP contribution is -2.08. The zero-order valence-corrected chi connectivity index (χ0v) is 10.3. The van der Waals surface area contributed by atoms with Crippen molar-refractivity contribution in [3.8, 4) is 5.75 Å². The first-order valence-corrected chi connectivity index (χ1v) is 5.81. The van der Waals surface area contributed by atoms with Gasteiger partial charge in [-0.3, -0.25) is 0 Å². The van der Waals surface area contributed by atoms with E-state index in [0.29, 0.717) is 23.2 Å². The highest BCUT2D eigenvalue weighted by Crippen LogP contribution is 2.23. The molecule has 0 N–H and O–H groups in total. The summed E-state index contributed by atoms with van der Waals surface area (Å²) in [5, 5.41) is 12.0. The molecule has 0 fully saturated rings. The normalized spacial score (nSPS) is 10.5. The number of hydrogen-bond acceptors (Lipinski definition) is 4. The third-order valence-corrected chi connectivity index (χ3v) is 2.55. The molecule has 5 nitrogen and oxygen atoms in total. The predicted molar refractivity (Wildman–Crippen MR) is 63.9 cm³/mol. The molecule has 0 atom stereocenters. The maximum absolute atomic E-state index is 5.98. The zero-order valence-electron chi connectivity index (χ0n) is 9.51. The third-order valence-electron chi connectivity index (χ3n) is 2.23. The first kappa shape index (κ1) is 11.9. The van der Waals surface area contributed by atoms with E-state index in [9.17, 15) is 0 Å². The van der Waals surface area contributed by atoms with E-state index in [2.05, 4.69) is 22.4 Å². The van der Waals surface area contributed by atoms with Gasteiger partial charge in [-0.05, 0) is 29.0 Å². The Morgan fingerprint density at radius 3 is 2.94 bits per heavy atom. The Labute approximate surface area is 104 Å². The number of aromatic nitrogens is 4. The van der Waals surface area contributed by atoms with Crippen LogP contribution >= 0.6 is 11.6 Å². The van der Waals surface area contributed by atoms with Gasteiger partial charge < -0.3 is 4.74 Å². The van der Waals surface area contributed by atoms with Crippen LogP contribution in [0, 0.1) is 0 Å². The van der Waals surface area contributed by atoms with Crippen LogP contribution < -0.4 is 4.74 Å². The molecule has 0 spiro atoms. The molecule has 2 rings (SSSR count). The quantitative estimate of drug-likeness (QED) is 0.820. The van der Waals surface area contributed by atoms with E-state index in [4.69, 9.17) is 16.3 Å². The second-order valence-electron chi connectivity index (χ2n) is 3.54. The topological polar surface area (TPSA) is 52.8 Å². The fourth-order valence-corrected chi connectivity index (χ4v) is 1.61. The predicted octanol–water partition coefficient (Wildman–Crippen LogP) is 2.32. The second-order valence-corrected chi connectivity index (χ2v) is 3.94. The lowest BCUT2D eigenvalue weighted by atomic mass is 10.3. The van der Waals surface area contributed by atoms with Crippen LogP contribution in [-0.2, 0) is 13.2 Å². The Bertz CT molecular complexity index is 486. The molecule has 17 heavy (non-hydrogen) atoms. The molecule has 0 saturated heterocycles. The summed E-state index contributed by atoms with van der Waals surface area (Å²) in [5.74, 6) is 1.34. The highest BCUT2D eigenvalue weighted by molar-refractivity contribution is 6.32. The standard InChI is InChI=1S/C11H13ClN4O/c1-2-7-16-11(13-14-15-16)8-17-10-6-4-3-5-9(10)12/h3-6H,2,7-8H2,1H3. The van der Waals surface area contributed by atoms with Gasteiger partial charge in [-0.1, -0.05) is 30.7 Å². The van der Waals surface area contributed by atoms with Crippen molar-refractivity contribution in [3.05, 3.63) is 35.1 Å². The first-order valence-electron chi connectivity index (χ1n) is 5.43. The summed E-state index contributed by atoms with van der Waals surface area (Å²) in [4.78, 5) is 0. The maximum atomic E-state index is 5.98. The van der Waals surface area contributed by atoms with Crippen molar-refractivity contribution in [1.82, 2.24) is 20.2 Å². The molecule has 0 amide bonds. The molecule has 0 aliphatic rings. The van der Waals surface area contributed by atoms with Crippen molar-refractivity contribution in [3.63, 3.8) is 0 Å². The molecule has 90 valence electrons. The summed E-state index contributed by atoms with van der Waals surface area (Å²) in [7, 11) is 0. The summed E-state index contributed by atoms with van der Waals surface area (Å²) in [5.41, 5.74) is 0. The van der Waals surface area contributed by atoms with Crippen LogP contribution in [0.1, 0.15) is 19.2 Å². The fraction of sp³-hybridized carbons (Fsp3) is 0.364. The van der Waals surface area contributed by atoms with Crippen LogP contribution in [0.25, 0.3) is 0 Å². The minimum Gasteiger partial charge on any atom is -0.484 e. The molecule has 0 aliphatic heterocycles. The molecule has 0 unspecified atom stereocenters. The van der Waals surface area contributed by atoms with E-state index in [1.54, 1.807) is 10.7 Å². The van der Waals surface area contributed by atoms with Crippen LogP contribution in [-0.4, -0.2) is 20.2 Å². The van der Waals surface area contributed by atoms with Crippen LogP contribution in [0.2, 0.25) is 5.02 Å². The van der Waals surface area contributed by atoms with Gasteiger partial charge in [0.25, 0.3) is 0 Å². The molecule has 0 saturated carbocycles. The SMILES string of the molecule is CCCn1nnnc1COc1ccccc1Cl. The lowest BCUT2D eigenvalue weighted by molar-refractivity contribution is 0.286. The van der Waals surface area contributed by atoms with Crippen LogP contribution in [0.5, 0.6) is 5.75 Å². The number of para-hydroxylation sites is 1. The van der Waals surface area contributed by atoms with Crippen molar-refractivity contribution in [2.75, 3.05) is 0 Å². The van der Waals surface area contributed by atoms with Crippen molar-refractivity contribution in [2.24, 2.45) is 0 Å². The minimum atomic E-state index is 0.316. The van der Waals surface area contributed by atoms with Crippen molar-refractivity contribution < 1.29 is 4.74 Å². The van der Waals surface area contributed by atoms with E-state index in [-0.39, 0.29) is 0 Å². The largest absolute Gasteiger partial charge is 0.484 e. The Morgan fingerprint density at radius 1 is 1.35 bits per heavy atom. The maximum Gasteiger partial charge on any atom is 0.189 e. The fourth-order valence-electron chi connectivity index (χ4n) is 1.42. The van der Waals surface area contributed by atoms with Gasteiger partial charge in [0.1, 0.15) is 12.4 Å². The molecular formula is C11H13ClN4O. The number of nitrogens with zero attached hydrogens (tertiary/aromatic N) is 4. The molecule has 1 aromatic carbocycles. The molecule has 1 aromatic heterocycles. The smallest absolute Gasteiger partial charge is 0.189 e. The van der Waals surface area contributed by atoms with E-state index in [1.165, 1.54) is 0 Å². The molecular weight excluding hydrogens is 240 g/mol. The number of rotatable bonds is 5.